The molecule has 0 amide bonds. The third-order valence-electron chi connectivity index (χ3n) is 6.35. The summed E-state index contributed by atoms with van der Waals surface area (Å²) in [5.74, 6) is -5.69. The van der Waals surface area contributed by atoms with Gasteiger partial charge in [-0.15, -0.1) is 0 Å². The summed E-state index contributed by atoms with van der Waals surface area (Å²) in [7, 11) is 0. The Balaban J connectivity index is 4.69. The molecule has 0 rings (SSSR count). The lowest BCUT2D eigenvalue weighted by molar-refractivity contribution is -0.187. The quantitative estimate of drug-likeness (QED) is 0.0519. The summed E-state index contributed by atoms with van der Waals surface area (Å²) >= 11 is 0. The molecule has 2 atom stereocenters. The largest absolute Gasteiger partial charge is 0.466 e. The number of carbonyl (C=O) groups excluding carboxylic acids is 4. The highest BCUT2D eigenvalue weighted by Crippen LogP contribution is 2.29. The van der Waals surface area contributed by atoms with Gasteiger partial charge in [0.1, 0.15) is 0 Å². The maximum atomic E-state index is 13.1. The summed E-state index contributed by atoms with van der Waals surface area (Å²) in [5.41, 5.74) is -2.69. The van der Waals surface area contributed by atoms with Crippen molar-refractivity contribution in [2.45, 2.75) is 130 Å². The number of ketones is 1. The van der Waals surface area contributed by atoms with Crippen LogP contribution in [0.3, 0.4) is 0 Å². The molecule has 38 heavy (non-hydrogen) atoms. The average molecular weight is 541 g/mol. The number of hydrogen-bond donors (Lipinski definition) is 1. The topological polar surface area (TPSA) is 116 Å². The first-order valence-electron chi connectivity index (χ1n) is 14.7. The zero-order valence-corrected chi connectivity index (χ0v) is 24.3. The second-order valence-corrected chi connectivity index (χ2v) is 9.61. The predicted molar refractivity (Wildman–Crippen MR) is 147 cm³/mol. The first-order valence-corrected chi connectivity index (χ1v) is 14.7. The van der Waals surface area contributed by atoms with Gasteiger partial charge < -0.3 is 19.3 Å². The molecule has 2 unspecified atom stereocenters. The SMILES string of the molecule is CCCCCCCC/C=C\CCCCCCCC(=O)C(C(=O)OCC)C(O)(CC(=O)OCC)C(=O)OCC. The number of Topliss-reactive ketones (excluding diaryl/α,β-unsaturated/α-hetero) is 1. The molecule has 220 valence electrons. The summed E-state index contributed by atoms with van der Waals surface area (Å²) in [6.07, 6.45) is 18.0. The molecule has 0 aliphatic carbocycles. The standard InChI is InChI=1S/C30H52O8/c1-5-9-10-11-12-13-14-15-16-17-18-19-20-21-22-23-25(31)27(28(33)37-7-3)30(35,29(34)38-8-4)24-26(32)36-6-2/h15-16,27,35H,5-14,17-24H2,1-4H3/b16-15-. The van der Waals surface area contributed by atoms with Crippen molar-refractivity contribution >= 4 is 23.7 Å². The zero-order chi connectivity index (χ0) is 28.7. The lowest BCUT2D eigenvalue weighted by Gasteiger charge is -2.30. The van der Waals surface area contributed by atoms with Crippen LogP contribution in [0, 0.1) is 5.92 Å². The van der Waals surface area contributed by atoms with E-state index >= 15 is 0 Å². The molecule has 0 aliphatic rings. The van der Waals surface area contributed by atoms with Crippen molar-refractivity contribution in [3.63, 3.8) is 0 Å². The van der Waals surface area contributed by atoms with Gasteiger partial charge >= 0.3 is 17.9 Å². The van der Waals surface area contributed by atoms with Gasteiger partial charge in [0.05, 0.1) is 26.2 Å². The van der Waals surface area contributed by atoms with Crippen molar-refractivity contribution in [3.8, 4) is 0 Å². The number of unbranched alkanes of at least 4 members (excludes halogenated alkanes) is 11. The van der Waals surface area contributed by atoms with E-state index in [0.29, 0.717) is 6.42 Å². The smallest absolute Gasteiger partial charge is 0.340 e. The fraction of sp³-hybridized carbons (Fsp3) is 0.800. The van der Waals surface area contributed by atoms with Crippen molar-refractivity contribution in [2.75, 3.05) is 19.8 Å². The Morgan fingerprint density at radius 1 is 0.684 bits per heavy atom. The molecule has 0 aromatic rings. The van der Waals surface area contributed by atoms with E-state index in [9.17, 15) is 24.3 Å². The first-order chi connectivity index (χ1) is 18.3. The van der Waals surface area contributed by atoms with E-state index in [1.165, 1.54) is 45.4 Å². The highest BCUT2D eigenvalue weighted by molar-refractivity contribution is 6.06. The molecule has 0 aromatic heterocycles. The number of ether oxygens (including phenoxy) is 3. The molecule has 0 aliphatic heterocycles. The molecule has 0 heterocycles. The first kappa shape index (κ1) is 35.8. The van der Waals surface area contributed by atoms with Crippen molar-refractivity contribution in [1.29, 1.82) is 0 Å². The number of hydrogen-bond acceptors (Lipinski definition) is 8. The fourth-order valence-corrected chi connectivity index (χ4v) is 4.31. The Morgan fingerprint density at radius 2 is 1.18 bits per heavy atom. The molecule has 8 nitrogen and oxygen atoms in total. The van der Waals surface area contributed by atoms with Gasteiger partial charge in [-0.25, -0.2) is 4.79 Å². The minimum atomic E-state index is -2.69. The van der Waals surface area contributed by atoms with Gasteiger partial charge in [-0.2, -0.15) is 0 Å². The molecule has 0 saturated heterocycles. The number of rotatable bonds is 24. The van der Waals surface area contributed by atoms with E-state index in [4.69, 9.17) is 14.2 Å². The molecule has 0 bridgehead atoms. The average Bonchev–Trinajstić information content (AvgIpc) is 2.86. The van der Waals surface area contributed by atoms with Gasteiger partial charge in [-0.1, -0.05) is 70.4 Å². The van der Waals surface area contributed by atoms with Gasteiger partial charge in [0, 0.05) is 6.42 Å². The van der Waals surface area contributed by atoms with Crippen molar-refractivity contribution in [1.82, 2.24) is 0 Å². The van der Waals surface area contributed by atoms with Crippen LogP contribution < -0.4 is 0 Å². The van der Waals surface area contributed by atoms with E-state index in [1.54, 1.807) is 13.8 Å². The monoisotopic (exact) mass is 540 g/mol. The number of esters is 3. The van der Waals surface area contributed by atoms with Crippen molar-refractivity contribution in [2.24, 2.45) is 5.92 Å². The van der Waals surface area contributed by atoms with Crippen molar-refractivity contribution in [3.05, 3.63) is 12.2 Å². The highest BCUT2D eigenvalue weighted by Gasteiger charge is 2.55. The van der Waals surface area contributed by atoms with Crippen molar-refractivity contribution < 1.29 is 38.5 Å². The number of carbonyl (C=O) groups is 4. The molecule has 0 spiro atoms. The summed E-state index contributed by atoms with van der Waals surface area (Å²) in [6.45, 7) is 6.75. The second-order valence-electron chi connectivity index (χ2n) is 9.61. The summed E-state index contributed by atoms with van der Waals surface area (Å²) in [4.78, 5) is 50.5. The Labute approximate surface area is 229 Å². The summed E-state index contributed by atoms with van der Waals surface area (Å²) in [6, 6.07) is 0. The summed E-state index contributed by atoms with van der Waals surface area (Å²) in [5, 5.41) is 11.2. The maximum absolute atomic E-state index is 13.1. The highest BCUT2D eigenvalue weighted by atomic mass is 16.6. The Kier molecular flexibility index (Phi) is 21.4. The van der Waals surface area contributed by atoms with Crippen LogP contribution in [-0.4, -0.2) is 54.2 Å². The third kappa shape index (κ3) is 15.3. The van der Waals surface area contributed by atoms with Gasteiger partial charge in [0.25, 0.3) is 0 Å². The van der Waals surface area contributed by atoms with Crippen LogP contribution >= 0.6 is 0 Å². The van der Waals surface area contributed by atoms with Crippen LogP contribution in [0.4, 0.5) is 0 Å². The van der Waals surface area contributed by atoms with E-state index < -0.39 is 41.6 Å². The molecular weight excluding hydrogens is 488 g/mol. The van der Waals surface area contributed by atoms with Crippen LogP contribution in [-0.2, 0) is 33.4 Å². The minimum Gasteiger partial charge on any atom is -0.466 e. The third-order valence-corrected chi connectivity index (χ3v) is 6.35. The minimum absolute atomic E-state index is 0.0185. The molecular formula is C30H52O8. The Hall–Kier alpha value is -2.22. The molecule has 0 radical (unpaired) electrons. The van der Waals surface area contributed by atoms with Gasteiger partial charge in [0.15, 0.2) is 17.3 Å². The normalized spacial score (nSPS) is 13.6. The Morgan fingerprint density at radius 3 is 1.71 bits per heavy atom. The van der Waals surface area contributed by atoms with E-state index in [-0.39, 0.29) is 26.2 Å². The van der Waals surface area contributed by atoms with Gasteiger partial charge in [-0.05, 0) is 52.9 Å². The van der Waals surface area contributed by atoms with E-state index in [0.717, 1.165) is 38.5 Å². The van der Waals surface area contributed by atoms with Crippen LogP contribution in [0.15, 0.2) is 12.2 Å². The second kappa shape index (κ2) is 22.7. The Bertz CT molecular complexity index is 702. The molecule has 0 aromatic carbocycles. The number of allylic oxidation sites excluding steroid dienone is 2. The molecule has 8 heteroatoms. The van der Waals surface area contributed by atoms with E-state index in [2.05, 4.69) is 19.1 Å². The molecule has 1 N–H and O–H groups in total. The fourth-order valence-electron chi connectivity index (χ4n) is 4.31. The van der Waals surface area contributed by atoms with Gasteiger partial charge in [-0.3, -0.25) is 14.4 Å². The molecule has 0 saturated carbocycles. The van der Waals surface area contributed by atoms with Crippen LogP contribution in [0.2, 0.25) is 0 Å². The van der Waals surface area contributed by atoms with Crippen LogP contribution in [0.25, 0.3) is 0 Å². The summed E-state index contributed by atoms with van der Waals surface area (Å²) < 4.78 is 14.7. The maximum Gasteiger partial charge on any atom is 0.340 e. The lowest BCUT2D eigenvalue weighted by Crippen LogP contribution is -2.55. The van der Waals surface area contributed by atoms with Crippen LogP contribution in [0.5, 0.6) is 0 Å². The lowest BCUT2D eigenvalue weighted by atomic mass is 9.80. The molecule has 0 fully saturated rings. The van der Waals surface area contributed by atoms with E-state index in [1.807, 2.05) is 0 Å². The number of aliphatic hydroxyl groups is 1. The van der Waals surface area contributed by atoms with Gasteiger partial charge in [0.2, 0.25) is 0 Å². The van der Waals surface area contributed by atoms with Crippen LogP contribution in [0.1, 0.15) is 124 Å². The zero-order valence-electron chi connectivity index (χ0n) is 24.3. The predicted octanol–water partition coefficient (Wildman–Crippen LogP) is 6.02.